The Bertz CT molecular complexity index is 688. The van der Waals surface area contributed by atoms with E-state index in [2.05, 4.69) is 10.3 Å². The largest absolute Gasteiger partial charge is 0.326 e. The summed E-state index contributed by atoms with van der Waals surface area (Å²) in [4.78, 5) is 19.3. The highest BCUT2D eigenvalue weighted by atomic mass is 35.5. The van der Waals surface area contributed by atoms with Gasteiger partial charge in [0.25, 0.3) is 0 Å². The molecule has 23 heavy (non-hydrogen) atoms. The molecule has 0 aromatic carbocycles. The van der Waals surface area contributed by atoms with Crippen molar-refractivity contribution >= 4 is 27.7 Å². The van der Waals surface area contributed by atoms with Gasteiger partial charge in [-0.2, -0.15) is 4.31 Å². The van der Waals surface area contributed by atoms with Crippen LogP contribution in [0.1, 0.15) is 6.42 Å². The molecule has 1 atom stereocenters. The van der Waals surface area contributed by atoms with E-state index in [9.17, 15) is 13.2 Å². The smallest absolute Gasteiger partial charge is 0.321 e. The number of likely N-dealkylation sites (N-methyl/N-ethyl adjacent to an activating group) is 1. The summed E-state index contributed by atoms with van der Waals surface area (Å²) in [5.41, 5.74) is 0. The van der Waals surface area contributed by atoms with Crippen LogP contribution in [0, 0.1) is 0 Å². The summed E-state index contributed by atoms with van der Waals surface area (Å²) in [6.45, 7) is 1.84. The van der Waals surface area contributed by atoms with Crippen molar-refractivity contribution < 1.29 is 13.2 Å². The highest BCUT2D eigenvalue weighted by molar-refractivity contribution is 7.89. The van der Waals surface area contributed by atoms with Gasteiger partial charge in [-0.1, -0.05) is 11.6 Å². The molecule has 10 heteroatoms. The summed E-state index contributed by atoms with van der Waals surface area (Å²) in [6.07, 6.45) is 1.66. The predicted molar refractivity (Wildman–Crippen MR) is 84.3 cm³/mol. The molecule has 126 valence electrons. The molecular weight excluding hydrogens is 342 g/mol. The fourth-order valence-electron chi connectivity index (χ4n) is 2.75. The van der Waals surface area contributed by atoms with Crippen LogP contribution in [-0.2, 0) is 10.0 Å². The van der Waals surface area contributed by atoms with Gasteiger partial charge in [0.2, 0.25) is 10.0 Å². The van der Waals surface area contributed by atoms with E-state index in [0.29, 0.717) is 26.1 Å². The van der Waals surface area contributed by atoms with Crippen molar-refractivity contribution in [2.24, 2.45) is 0 Å². The van der Waals surface area contributed by atoms with E-state index in [-0.39, 0.29) is 28.9 Å². The number of halogens is 1. The van der Waals surface area contributed by atoms with E-state index >= 15 is 0 Å². The van der Waals surface area contributed by atoms with Gasteiger partial charge >= 0.3 is 6.03 Å². The van der Waals surface area contributed by atoms with Gasteiger partial charge in [-0.3, -0.25) is 5.32 Å². The second-order valence-electron chi connectivity index (χ2n) is 5.56. The van der Waals surface area contributed by atoms with Crippen LogP contribution in [0.3, 0.4) is 0 Å². The third-order valence-electron chi connectivity index (χ3n) is 4.12. The number of aromatic nitrogens is 1. The molecular formula is C13H18ClN5O3S. The molecule has 1 aromatic rings. The number of nitrogens with one attached hydrogen (secondary N) is 1. The Morgan fingerprint density at radius 1 is 1.30 bits per heavy atom. The van der Waals surface area contributed by atoms with E-state index in [1.165, 1.54) is 22.6 Å². The van der Waals surface area contributed by atoms with E-state index < -0.39 is 10.0 Å². The predicted octanol–water partition coefficient (Wildman–Crippen LogP) is 0.370. The SMILES string of the molecule is CN1CCN(C2CCN(S(=O)(=O)c3ccc(Cl)nc3)CN2)C1=O. The van der Waals surface area contributed by atoms with Crippen molar-refractivity contribution in [3.63, 3.8) is 0 Å². The molecule has 2 aliphatic heterocycles. The van der Waals surface area contributed by atoms with Gasteiger partial charge in [0.15, 0.2) is 0 Å². The highest BCUT2D eigenvalue weighted by Crippen LogP contribution is 2.21. The first-order valence-corrected chi connectivity index (χ1v) is 9.08. The molecule has 8 nitrogen and oxygen atoms in total. The lowest BCUT2D eigenvalue weighted by molar-refractivity contribution is 0.138. The average molecular weight is 360 g/mol. The average Bonchev–Trinajstić information content (AvgIpc) is 2.87. The first-order chi connectivity index (χ1) is 10.9. The lowest BCUT2D eigenvalue weighted by Gasteiger charge is -2.36. The number of nitrogens with zero attached hydrogens (tertiary/aromatic N) is 4. The molecule has 2 amide bonds. The van der Waals surface area contributed by atoms with Gasteiger partial charge in [-0.15, -0.1) is 0 Å². The van der Waals surface area contributed by atoms with Crippen LogP contribution in [0.25, 0.3) is 0 Å². The number of pyridine rings is 1. The zero-order valence-corrected chi connectivity index (χ0v) is 14.2. The number of hydrogen-bond donors (Lipinski definition) is 1. The molecule has 2 aliphatic rings. The number of urea groups is 1. The maximum absolute atomic E-state index is 12.6. The Hall–Kier alpha value is -1.42. The molecule has 0 bridgehead atoms. The van der Waals surface area contributed by atoms with Crippen molar-refractivity contribution in [1.82, 2.24) is 24.4 Å². The summed E-state index contributed by atoms with van der Waals surface area (Å²) in [6, 6.07) is 2.86. The van der Waals surface area contributed by atoms with Gasteiger partial charge in [0.05, 0.1) is 12.8 Å². The van der Waals surface area contributed by atoms with Gasteiger partial charge in [-0.05, 0) is 18.6 Å². The minimum atomic E-state index is -3.61. The summed E-state index contributed by atoms with van der Waals surface area (Å²) >= 11 is 5.69. The maximum Gasteiger partial charge on any atom is 0.321 e. The van der Waals surface area contributed by atoms with E-state index in [0.717, 1.165) is 0 Å². The number of rotatable bonds is 3. The fraction of sp³-hybridized carbons (Fsp3) is 0.538. The summed E-state index contributed by atoms with van der Waals surface area (Å²) in [5.74, 6) is 0. The van der Waals surface area contributed by atoms with Crippen molar-refractivity contribution in [3.8, 4) is 0 Å². The standard InChI is InChI=1S/C13H18ClN5O3S/c1-17-6-7-19(13(17)20)12-4-5-18(9-16-12)23(21,22)10-2-3-11(14)15-8-10/h2-3,8,12,16H,4-7,9H2,1H3. The molecule has 1 aromatic heterocycles. The number of carbonyl (C=O) groups is 1. The summed E-state index contributed by atoms with van der Waals surface area (Å²) in [7, 11) is -1.85. The highest BCUT2D eigenvalue weighted by Gasteiger charge is 2.36. The molecule has 0 spiro atoms. The normalized spacial score (nSPS) is 23.6. The van der Waals surface area contributed by atoms with Gasteiger partial charge in [-0.25, -0.2) is 18.2 Å². The summed E-state index contributed by atoms with van der Waals surface area (Å²) in [5, 5.41) is 3.38. The molecule has 0 saturated carbocycles. The molecule has 2 saturated heterocycles. The minimum Gasteiger partial charge on any atom is -0.326 e. The fourth-order valence-corrected chi connectivity index (χ4v) is 4.17. The number of sulfonamides is 1. The van der Waals surface area contributed by atoms with E-state index in [1.54, 1.807) is 16.8 Å². The zero-order valence-electron chi connectivity index (χ0n) is 12.6. The maximum atomic E-state index is 12.6. The second-order valence-corrected chi connectivity index (χ2v) is 7.89. The van der Waals surface area contributed by atoms with Crippen molar-refractivity contribution in [2.75, 3.05) is 33.4 Å². The van der Waals surface area contributed by atoms with Crippen LogP contribution in [-0.4, -0.2) is 73.1 Å². The Kier molecular flexibility index (Phi) is 4.45. The number of carbonyl (C=O) groups excluding carboxylic acids is 1. The molecule has 3 heterocycles. The van der Waals surface area contributed by atoms with Crippen LogP contribution in [0.5, 0.6) is 0 Å². The number of hydrogen-bond acceptors (Lipinski definition) is 5. The number of amides is 2. The monoisotopic (exact) mass is 359 g/mol. The van der Waals surface area contributed by atoms with Gasteiger partial charge in [0.1, 0.15) is 10.0 Å². The van der Waals surface area contributed by atoms with E-state index in [4.69, 9.17) is 11.6 Å². The second kappa shape index (κ2) is 6.23. The quantitative estimate of drug-likeness (QED) is 0.788. The third-order valence-corrected chi connectivity index (χ3v) is 6.17. The molecule has 3 rings (SSSR count). The molecule has 2 fully saturated rings. The van der Waals surface area contributed by atoms with Crippen LogP contribution in [0.4, 0.5) is 4.79 Å². The molecule has 1 N–H and O–H groups in total. The third kappa shape index (κ3) is 3.14. The molecule has 0 aliphatic carbocycles. The Labute approximate surface area is 140 Å². The van der Waals surface area contributed by atoms with Gasteiger partial charge in [0, 0.05) is 32.9 Å². The van der Waals surface area contributed by atoms with Gasteiger partial charge < -0.3 is 9.80 Å². The van der Waals surface area contributed by atoms with Crippen LogP contribution < -0.4 is 5.32 Å². The van der Waals surface area contributed by atoms with Crippen molar-refractivity contribution in [1.29, 1.82) is 0 Å². The Morgan fingerprint density at radius 2 is 2.09 bits per heavy atom. The van der Waals surface area contributed by atoms with Crippen LogP contribution in [0.2, 0.25) is 5.15 Å². The lowest BCUT2D eigenvalue weighted by atomic mass is 10.2. The molecule has 0 radical (unpaired) electrons. The Balaban J connectivity index is 1.67. The minimum absolute atomic E-state index is 0.0271. The molecule has 1 unspecified atom stereocenters. The van der Waals surface area contributed by atoms with Crippen molar-refractivity contribution in [3.05, 3.63) is 23.5 Å². The first kappa shape index (κ1) is 16.4. The topological polar surface area (TPSA) is 85.8 Å². The van der Waals surface area contributed by atoms with Crippen molar-refractivity contribution in [2.45, 2.75) is 17.5 Å². The zero-order chi connectivity index (χ0) is 16.6. The van der Waals surface area contributed by atoms with Crippen LogP contribution >= 0.6 is 11.6 Å². The van der Waals surface area contributed by atoms with E-state index in [1.807, 2.05) is 0 Å². The summed E-state index contributed by atoms with van der Waals surface area (Å²) < 4.78 is 26.5. The van der Waals surface area contributed by atoms with Crippen LogP contribution in [0.15, 0.2) is 23.2 Å². The lowest BCUT2D eigenvalue weighted by Crippen LogP contribution is -2.57. The first-order valence-electron chi connectivity index (χ1n) is 7.26. The Morgan fingerprint density at radius 3 is 2.61 bits per heavy atom.